The van der Waals surface area contributed by atoms with Crippen molar-refractivity contribution in [3.8, 4) is 5.75 Å². The van der Waals surface area contributed by atoms with Gasteiger partial charge in [-0.15, -0.1) is 11.3 Å². The van der Waals surface area contributed by atoms with Crippen molar-refractivity contribution < 1.29 is 14.3 Å². The second-order valence-electron chi connectivity index (χ2n) is 9.05. The molecule has 1 aliphatic heterocycles. The van der Waals surface area contributed by atoms with Crippen LogP contribution in [0.5, 0.6) is 5.75 Å². The van der Waals surface area contributed by atoms with Gasteiger partial charge in [0, 0.05) is 23.5 Å². The smallest absolute Gasteiger partial charge is 0.254 e. The molecule has 0 saturated carbocycles. The minimum atomic E-state index is -0.165. The van der Waals surface area contributed by atoms with Crippen LogP contribution in [0.15, 0.2) is 72.1 Å². The fraction of sp³-hybridized carbons (Fsp3) is 0.357. The van der Waals surface area contributed by atoms with Crippen LogP contribution in [0.4, 0.5) is 0 Å². The lowest BCUT2D eigenvalue weighted by Crippen LogP contribution is -2.48. The minimum absolute atomic E-state index is 0.0356. The summed E-state index contributed by atoms with van der Waals surface area (Å²) in [4.78, 5) is 31.8. The molecule has 0 unspecified atom stereocenters. The Bertz CT molecular complexity index is 1080. The van der Waals surface area contributed by atoms with Crippen LogP contribution in [-0.4, -0.2) is 47.9 Å². The van der Waals surface area contributed by atoms with Crippen molar-refractivity contribution in [1.29, 1.82) is 0 Å². The van der Waals surface area contributed by atoms with E-state index in [-0.39, 0.29) is 24.4 Å². The average molecular weight is 477 g/mol. The highest BCUT2D eigenvalue weighted by molar-refractivity contribution is 7.10. The predicted octanol–water partition coefficient (Wildman–Crippen LogP) is 5.44. The summed E-state index contributed by atoms with van der Waals surface area (Å²) >= 11 is 1.73. The van der Waals surface area contributed by atoms with Gasteiger partial charge in [-0.25, -0.2) is 0 Å². The second-order valence-corrected chi connectivity index (χ2v) is 10.1. The van der Waals surface area contributed by atoms with Crippen molar-refractivity contribution in [2.24, 2.45) is 5.92 Å². The number of hydrogen-bond donors (Lipinski definition) is 0. The zero-order chi connectivity index (χ0) is 23.9. The summed E-state index contributed by atoms with van der Waals surface area (Å²) in [5.41, 5.74) is 1.77. The Morgan fingerprint density at radius 2 is 1.76 bits per heavy atom. The number of thiophene rings is 1. The number of amides is 2. The van der Waals surface area contributed by atoms with Gasteiger partial charge < -0.3 is 14.5 Å². The van der Waals surface area contributed by atoms with Crippen molar-refractivity contribution in [2.45, 2.75) is 32.7 Å². The van der Waals surface area contributed by atoms with Gasteiger partial charge in [0.25, 0.3) is 5.91 Å². The summed E-state index contributed by atoms with van der Waals surface area (Å²) in [6.07, 6.45) is 1.68. The number of hydrogen-bond acceptors (Lipinski definition) is 4. The van der Waals surface area contributed by atoms with Crippen LogP contribution in [0.2, 0.25) is 0 Å². The normalized spacial score (nSPS) is 15.1. The second kappa shape index (κ2) is 11.3. The molecule has 34 heavy (non-hydrogen) atoms. The van der Waals surface area contributed by atoms with Gasteiger partial charge in [-0.2, -0.15) is 0 Å². The molecule has 6 heteroatoms. The number of carbonyl (C=O) groups excluding carboxylic acids is 2. The fourth-order valence-corrected chi connectivity index (χ4v) is 5.18. The molecule has 0 saturated heterocycles. The Labute approximate surface area is 206 Å². The first-order valence-electron chi connectivity index (χ1n) is 11.9. The van der Waals surface area contributed by atoms with Gasteiger partial charge in [0.2, 0.25) is 5.91 Å². The molecule has 0 bridgehead atoms. The zero-order valence-corrected chi connectivity index (χ0v) is 20.7. The van der Waals surface area contributed by atoms with Crippen LogP contribution >= 0.6 is 11.3 Å². The molecule has 3 aromatic rings. The third kappa shape index (κ3) is 5.86. The van der Waals surface area contributed by atoms with E-state index in [9.17, 15) is 9.59 Å². The SMILES string of the molecule is CC(C)CCN(CC(=O)N1CCc2sccc2[C@H]1COc1ccccc1)C(=O)c1ccccc1. The van der Waals surface area contributed by atoms with Crippen molar-refractivity contribution >= 4 is 23.2 Å². The first kappa shape index (κ1) is 24.0. The molecule has 0 fully saturated rings. The van der Waals surface area contributed by atoms with Crippen LogP contribution < -0.4 is 4.74 Å². The monoisotopic (exact) mass is 476 g/mol. The molecular formula is C28H32N2O3S. The Morgan fingerprint density at radius 3 is 2.47 bits per heavy atom. The van der Waals surface area contributed by atoms with E-state index >= 15 is 0 Å². The summed E-state index contributed by atoms with van der Waals surface area (Å²) in [7, 11) is 0. The Hall–Kier alpha value is -3.12. The molecule has 1 aliphatic rings. The van der Waals surface area contributed by atoms with Gasteiger partial charge >= 0.3 is 0 Å². The van der Waals surface area contributed by atoms with Gasteiger partial charge in [-0.05, 0) is 60.0 Å². The number of fused-ring (bicyclic) bond motifs is 1. The molecule has 1 aromatic heterocycles. The van der Waals surface area contributed by atoms with Crippen LogP contribution in [0, 0.1) is 5.92 Å². The maximum absolute atomic E-state index is 13.6. The molecule has 0 aliphatic carbocycles. The maximum Gasteiger partial charge on any atom is 0.254 e. The molecule has 5 nitrogen and oxygen atoms in total. The van der Waals surface area contributed by atoms with Gasteiger partial charge in [0.15, 0.2) is 0 Å². The summed E-state index contributed by atoms with van der Waals surface area (Å²) in [5.74, 6) is 1.10. The summed E-state index contributed by atoms with van der Waals surface area (Å²) in [6, 6.07) is 20.9. The summed E-state index contributed by atoms with van der Waals surface area (Å²) in [5, 5.41) is 2.09. The molecule has 2 heterocycles. The fourth-order valence-electron chi connectivity index (χ4n) is 4.25. The van der Waals surface area contributed by atoms with Crippen molar-refractivity contribution in [3.05, 3.63) is 88.1 Å². The highest BCUT2D eigenvalue weighted by atomic mass is 32.1. The predicted molar refractivity (Wildman–Crippen MR) is 136 cm³/mol. The molecule has 2 aromatic carbocycles. The first-order valence-corrected chi connectivity index (χ1v) is 12.8. The number of nitrogens with zero attached hydrogens (tertiary/aromatic N) is 2. The Kier molecular flexibility index (Phi) is 8.01. The standard InChI is InChI=1S/C28H32N2O3S/c1-21(2)13-16-29(28(32)22-9-5-3-6-10-22)19-27(31)30-17-14-26-24(15-18-34-26)25(30)20-33-23-11-7-4-8-12-23/h3-12,15,18,21,25H,13-14,16-17,19-20H2,1-2H3/t25-/m1/s1. The molecule has 1 atom stereocenters. The third-order valence-corrected chi connectivity index (χ3v) is 7.17. The quantitative estimate of drug-likeness (QED) is 0.413. The van der Waals surface area contributed by atoms with E-state index in [1.807, 2.05) is 65.6 Å². The number of rotatable bonds is 9. The van der Waals surface area contributed by atoms with E-state index in [0.29, 0.717) is 31.2 Å². The van der Waals surface area contributed by atoms with Crippen LogP contribution in [0.25, 0.3) is 0 Å². The van der Waals surface area contributed by atoms with Crippen molar-refractivity contribution in [3.63, 3.8) is 0 Å². The van der Waals surface area contributed by atoms with Crippen molar-refractivity contribution in [2.75, 3.05) is 26.2 Å². The maximum atomic E-state index is 13.6. The van der Waals surface area contributed by atoms with Crippen LogP contribution in [0.3, 0.4) is 0 Å². The third-order valence-electron chi connectivity index (χ3n) is 6.18. The van der Waals surface area contributed by atoms with E-state index in [4.69, 9.17) is 4.74 Å². The largest absolute Gasteiger partial charge is 0.491 e. The number of ether oxygens (including phenoxy) is 1. The van der Waals surface area contributed by atoms with Gasteiger partial charge in [-0.1, -0.05) is 50.2 Å². The highest BCUT2D eigenvalue weighted by Gasteiger charge is 2.33. The lowest BCUT2D eigenvalue weighted by molar-refractivity contribution is -0.135. The van der Waals surface area contributed by atoms with Gasteiger partial charge in [0.05, 0.1) is 6.04 Å². The molecule has 2 amide bonds. The van der Waals surface area contributed by atoms with E-state index in [0.717, 1.165) is 24.2 Å². The number of benzene rings is 2. The zero-order valence-electron chi connectivity index (χ0n) is 19.9. The molecule has 0 N–H and O–H groups in total. The van der Waals surface area contributed by atoms with E-state index in [1.165, 1.54) is 4.88 Å². The number of para-hydroxylation sites is 1. The van der Waals surface area contributed by atoms with E-state index in [2.05, 4.69) is 25.3 Å². The summed E-state index contributed by atoms with van der Waals surface area (Å²) < 4.78 is 6.08. The molecular weight excluding hydrogens is 444 g/mol. The minimum Gasteiger partial charge on any atom is -0.491 e. The Balaban J connectivity index is 1.52. The lowest BCUT2D eigenvalue weighted by Gasteiger charge is -2.37. The highest BCUT2D eigenvalue weighted by Crippen LogP contribution is 2.34. The van der Waals surface area contributed by atoms with Gasteiger partial charge in [-0.3, -0.25) is 9.59 Å². The molecule has 0 radical (unpaired) electrons. The van der Waals surface area contributed by atoms with E-state index < -0.39 is 0 Å². The average Bonchev–Trinajstić information content (AvgIpc) is 3.35. The Morgan fingerprint density at radius 1 is 1.06 bits per heavy atom. The van der Waals surface area contributed by atoms with Gasteiger partial charge in [0.1, 0.15) is 18.9 Å². The number of carbonyl (C=O) groups is 2. The molecule has 178 valence electrons. The topological polar surface area (TPSA) is 49.9 Å². The van der Waals surface area contributed by atoms with Crippen LogP contribution in [-0.2, 0) is 11.2 Å². The van der Waals surface area contributed by atoms with Crippen LogP contribution in [0.1, 0.15) is 47.1 Å². The molecule has 0 spiro atoms. The molecule has 4 rings (SSSR count). The van der Waals surface area contributed by atoms with E-state index in [1.54, 1.807) is 16.2 Å². The lowest BCUT2D eigenvalue weighted by atomic mass is 10.00. The first-order chi connectivity index (χ1) is 16.5. The summed E-state index contributed by atoms with van der Waals surface area (Å²) in [6.45, 7) is 5.91. The van der Waals surface area contributed by atoms with Crippen molar-refractivity contribution in [1.82, 2.24) is 9.80 Å².